The predicted molar refractivity (Wildman–Crippen MR) is 87.0 cm³/mol. The maximum atomic E-state index is 2.39. The molecule has 1 aliphatic rings. The van der Waals surface area contributed by atoms with E-state index in [-0.39, 0.29) is 0 Å². The Morgan fingerprint density at radius 1 is 1.05 bits per heavy atom. The molecule has 1 aliphatic carbocycles. The van der Waals surface area contributed by atoms with Crippen molar-refractivity contribution in [2.75, 3.05) is 0 Å². The molecule has 1 fully saturated rings. The Labute approximate surface area is 128 Å². The fourth-order valence-corrected chi connectivity index (χ4v) is 3.21. The standard InChI is InChI=1S/C19H27N2/c1-14(2)17-9-6-10-18(15(3)4)19(17)21-12-11-20(13-21)16-7-5-8-16/h6,9-16H,5,7-8H2,1-4H3/q+1. The third-order valence-corrected chi connectivity index (χ3v) is 4.75. The van der Waals surface area contributed by atoms with Crippen LogP contribution >= 0.6 is 0 Å². The first-order valence-corrected chi connectivity index (χ1v) is 8.30. The number of aromatic nitrogens is 2. The van der Waals surface area contributed by atoms with Gasteiger partial charge in [0.1, 0.15) is 24.1 Å². The summed E-state index contributed by atoms with van der Waals surface area (Å²) in [6, 6.07) is 7.48. The van der Waals surface area contributed by atoms with Gasteiger partial charge < -0.3 is 0 Å². The lowest BCUT2D eigenvalue weighted by atomic mass is 9.92. The lowest BCUT2D eigenvalue weighted by Crippen LogP contribution is -2.41. The average Bonchev–Trinajstić information content (AvgIpc) is 2.84. The first kappa shape index (κ1) is 14.4. The number of nitrogens with zero attached hydrogens (tertiary/aromatic N) is 2. The van der Waals surface area contributed by atoms with Gasteiger partial charge >= 0.3 is 0 Å². The molecule has 0 unspecified atom stereocenters. The molecule has 0 atom stereocenters. The Bertz CT molecular complexity index is 592. The minimum Gasteiger partial charge on any atom is -0.234 e. The van der Waals surface area contributed by atoms with Gasteiger partial charge in [-0.3, -0.25) is 0 Å². The van der Waals surface area contributed by atoms with E-state index in [2.05, 4.69) is 73.7 Å². The summed E-state index contributed by atoms with van der Waals surface area (Å²) in [5.74, 6) is 1.08. The van der Waals surface area contributed by atoms with E-state index in [4.69, 9.17) is 0 Å². The van der Waals surface area contributed by atoms with Crippen LogP contribution in [-0.2, 0) is 0 Å². The van der Waals surface area contributed by atoms with Gasteiger partial charge in [-0.1, -0.05) is 45.9 Å². The minimum absolute atomic E-state index is 0.540. The number of imidazole rings is 1. The molecule has 2 aromatic rings. The van der Waals surface area contributed by atoms with Crippen LogP contribution in [0.25, 0.3) is 5.69 Å². The molecule has 21 heavy (non-hydrogen) atoms. The average molecular weight is 283 g/mol. The summed E-state index contributed by atoms with van der Waals surface area (Å²) in [4.78, 5) is 0. The van der Waals surface area contributed by atoms with Gasteiger partial charge in [-0.2, -0.15) is 0 Å². The number of hydrogen-bond acceptors (Lipinski definition) is 0. The van der Waals surface area contributed by atoms with E-state index in [1.807, 2.05) is 0 Å². The number of rotatable bonds is 4. The van der Waals surface area contributed by atoms with E-state index in [0.717, 1.165) is 6.04 Å². The summed E-state index contributed by atoms with van der Waals surface area (Å²) in [5, 5.41) is 0. The van der Waals surface area contributed by atoms with Crippen LogP contribution in [0.1, 0.15) is 76.0 Å². The topological polar surface area (TPSA) is 8.81 Å². The highest BCUT2D eigenvalue weighted by Crippen LogP contribution is 2.31. The predicted octanol–water partition coefficient (Wildman–Crippen LogP) is 4.74. The molecular weight excluding hydrogens is 256 g/mol. The van der Waals surface area contributed by atoms with Crippen molar-refractivity contribution < 1.29 is 4.57 Å². The van der Waals surface area contributed by atoms with E-state index in [9.17, 15) is 0 Å². The summed E-state index contributed by atoms with van der Waals surface area (Å²) < 4.78 is 4.73. The number of benzene rings is 1. The first-order valence-electron chi connectivity index (χ1n) is 8.30. The largest absolute Gasteiger partial charge is 0.249 e. The van der Waals surface area contributed by atoms with Gasteiger partial charge in [0.25, 0.3) is 0 Å². The summed E-state index contributed by atoms with van der Waals surface area (Å²) >= 11 is 0. The molecule has 3 rings (SSSR count). The van der Waals surface area contributed by atoms with Gasteiger partial charge in [0.05, 0.1) is 0 Å². The molecule has 1 saturated carbocycles. The summed E-state index contributed by atoms with van der Waals surface area (Å²) in [5.41, 5.74) is 4.27. The van der Waals surface area contributed by atoms with Crippen molar-refractivity contribution in [1.29, 1.82) is 0 Å². The molecule has 1 heterocycles. The SMILES string of the molecule is CC(C)c1cccc(C(C)C)c1-n1cc[n+](C2CCC2)c1. The Kier molecular flexibility index (Phi) is 3.88. The smallest absolute Gasteiger partial charge is 0.234 e. The van der Waals surface area contributed by atoms with Crippen LogP contribution < -0.4 is 4.57 Å². The van der Waals surface area contributed by atoms with Gasteiger partial charge in [0, 0.05) is 11.1 Å². The summed E-state index contributed by atoms with van der Waals surface area (Å²) in [6.45, 7) is 9.14. The first-order chi connectivity index (χ1) is 10.1. The van der Waals surface area contributed by atoms with Gasteiger partial charge in [-0.25, -0.2) is 9.13 Å². The maximum absolute atomic E-state index is 2.39. The van der Waals surface area contributed by atoms with Crippen LogP contribution in [0.4, 0.5) is 0 Å². The van der Waals surface area contributed by atoms with Crippen LogP contribution in [0.2, 0.25) is 0 Å². The fraction of sp³-hybridized carbons (Fsp3) is 0.526. The van der Waals surface area contributed by atoms with Crippen molar-refractivity contribution in [2.24, 2.45) is 0 Å². The van der Waals surface area contributed by atoms with E-state index >= 15 is 0 Å². The van der Waals surface area contributed by atoms with Crippen molar-refractivity contribution in [3.63, 3.8) is 0 Å². The zero-order chi connectivity index (χ0) is 15.0. The number of hydrogen-bond donors (Lipinski definition) is 0. The van der Waals surface area contributed by atoms with E-state index in [0.29, 0.717) is 11.8 Å². The van der Waals surface area contributed by atoms with Gasteiger partial charge in [-0.05, 0) is 31.1 Å². The molecule has 1 aromatic heterocycles. The second-order valence-electron chi connectivity index (χ2n) is 6.95. The number of para-hydroxylation sites is 1. The third kappa shape index (κ3) is 2.64. The second-order valence-corrected chi connectivity index (χ2v) is 6.95. The molecule has 0 saturated heterocycles. The molecule has 0 radical (unpaired) electrons. The second kappa shape index (κ2) is 5.67. The van der Waals surface area contributed by atoms with Crippen LogP contribution in [0, 0.1) is 0 Å². The van der Waals surface area contributed by atoms with Crippen molar-refractivity contribution in [3.05, 3.63) is 48.0 Å². The molecule has 0 spiro atoms. The highest BCUT2D eigenvalue weighted by atomic mass is 15.1. The van der Waals surface area contributed by atoms with Gasteiger partial charge in [0.2, 0.25) is 6.33 Å². The zero-order valence-corrected chi connectivity index (χ0v) is 13.7. The van der Waals surface area contributed by atoms with Crippen LogP contribution in [-0.4, -0.2) is 4.57 Å². The Hall–Kier alpha value is -1.57. The van der Waals surface area contributed by atoms with Crippen molar-refractivity contribution in [2.45, 2.75) is 64.8 Å². The normalized spacial score (nSPS) is 15.7. The highest BCUT2D eigenvalue weighted by molar-refractivity contribution is 5.50. The quantitative estimate of drug-likeness (QED) is 0.717. The maximum Gasteiger partial charge on any atom is 0.249 e. The Morgan fingerprint density at radius 3 is 2.14 bits per heavy atom. The lowest BCUT2D eigenvalue weighted by Gasteiger charge is -2.21. The van der Waals surface area contributed by atoms with Gasteiger partial charge in [-0.15, -0.1) is 0 Å². The molecule has 0 bridgehead atoms. The van der Waals surface area contributed by atoms with E-state index in [1.165, 1.54) is 36.1 Å². The molecule has 0 N–H and O–H groups in total. The molecule has 0 amide bonds. The van der Waals surface area contributed by atoms with Crippen LogP contribution in [0.15, 0.2) is 36.9 Å². The highest BCUT2D eigenvalue weighted by Gasteiger charge is 2.26. The van der Waals surface area contributed by atoms with Crippen molar-refractivity contribution in [3.8, 4) is 5.69 Å². The fourth-order valence-electron chi connectivity index (χ4n) is 3.21. The molecule has 2 nitrogen and oxygen atoms in total. The van der Waals surface area contributed by atoms with E-state index in [1.54, 1.807) is 0 Å². The van der Waals surface area contributed by atoms with E-state index < -0.39 is 0 Å². The molecule has 2 heteroatoms. The van der Waals surface area contributed by atoms with Crippen LogP contribution in [0.3, 0.4) is 0 Å². The monoisotopic (exact) mass is 283 g/mol. The minimum atomic E-state index is 0.540. The lowest BCUT2D eigenvalue weighted by molar-refractivity contribution is -0.732. The molecule has 1 aromatic carbocycles. The molecule has 0 aliphatic heterocycles. The molecular formula is C19H27N2+. The third-order valence-electron chi connectivity index (χ3n) is 4.75. The summed E-state index contributed by atoms with van der Waals surface area (Å²) in [6.07, 6.45) is 10.8. The Morgan fingerprint density at radius 2 is 1.67 bits per heavy atom. The zero-order valence-electron chi connectivity index (χ0n) is 13.7. The van der Waals surface area contributed by atoms with Crippen LogP contribution in [0.5, 0.6) is 0 Å². The molecule has 112 valence electrons. The van der Waals surface area contributed by atoms with Crippen molar-refractivity contribution in [1.82, 2.24) is 4.57 Å². The summed E-state index contributed by atoms with van der Waals surface area (Å²) in [7, 11) is 0. The van der Waals surface area contributed by atoms with Crippen molar-refractivity contribution >= 4 is 0 Å². The van der Waals surface area contributed by atoms with Gasteiger partial charge in [0.15, 0.2) is 0 Å². The Balaban J connectivity index is 2.08.